The average Bonchev–Trinajstić information content (AvgIpc) is 2.48. The number of hydrogen-bond acceptors (Lipinski definition) is 3. The van der Waals surface area contributed by atoms with E-state index >= 15 is 0 Å². The summed E-state index contributed by atoms with van der Waals surface area (Å²) >= 11 is 4.30. The van der Waals surface area contributed by atoms with Crippen LogP contribution in [0.3, 0.4) is 0 Å². The van der Waals surface area contributed by atoms with Crippen LogP contribution in [0, 0.1) is 0 Å². The van der Waals surface area contributed by atoms with Gasteiger partial charge in [0.05, 0.1) is 0 Å². The lowest BCUT2D eigenvalue weighted by molar-refractivity contribution is 0.554. The second kappa shape index (κ2) is 7.77. The standard InChI is InChI=1S/C17H27NS2/c1-5-14-6-8-15(9-7-14)10-16(18-4)17-11-19-12(2)13(3)20-17/h6-9,12-13,16-18H,5,10-11H2,1-4H3. The van der Waals surface area contributed by atoms with Gasteiger partial charge in [0.2, 0.25) is 0 Å². The highest BCUT2D eigenvalue weighted by Gasteiger charge is 2.30. The van der Waals surface area contributed by atoms with Gasteiger partial charge in [0, 0.05) is 27.5 Å². The van der Waals surface area contributed by atoms with Crippen molar-refractivity contribution in [2.45, 2.75) is 55.4 Å². The number of hydrogen-bond donors (Lipinski definition) is 1. The molecular weight excluding hydrogens is 282 g/mol. The largest absolute Gasteiger partial charge is 0.316 e. The van der Waals surface area contributed by atoms with Crippen molar-refractivity contribution in [3.05, 3.63) is 35.4 Å². The molecule has 20 heavy (non-hydrogen) atoms. The van der Waals surface area contributed by atoms with Gasteiger partial charge in [-0.2, -0.15) is 23.5 Å². The third kappa shape index (κ3) is 4.19. The molecule has 1 aromatic carbocycles. The molecular formula is C17H27NS2. The maximum Gasteiger partial charge on any atom is 0.0298 e. The van der Waals surface area contributed by atoms with E-state index in [0.717, 1.165) is 28.6 Å². The molecule has 1 N–H and O–H groups in total. The summed E-state index contributed by atoms with van der Waals surface area (Å²) in [6.07, 6.45) is 2.26. The van der Waals surface area contributed by atoms with E-state index in [9.17, 15) is 0 Å². The summed E-state index contributed by atoms with van der Waals surface area (Å²) in [6.45, 7) is 6.94. The first-order valence-electron chi connectivity index (χ1n) is 7.66. The molecule has 0 aromatic heterocycles. The van der Waals surface area contributed by atoms with Gasteiger partial charge in [-0.15, -0.1) is 0 Å². The summed E-state index contributed by atoms with van der Waals surface area (Å²) in [5.74, 6) is 1.27. The molecule has 0 amide bonds. The van der Waals surface area contributed by atoms with E-state index in [2.05, 4.69) is 80.9 Å². The van der Waals surface area contributed by atoms with Gasteiger partial charge >= 0.3 is 0 Å². The Morgan fingerprint density at radius 3 is 2.35 bits per heavy atom. The van der Waals surface area contributed by atoms with Crippen LogP contribution >= 0.6 is 23.5 Å². The van der Waals surface area contributed by atoms with Crippen molar-refractivity contribution in [2.75, 3.05) is 12.8 Å². The van der Waals surface area contributed by atoms with Crippen LogP contribution in [0.15, 0.2) is 24.3 Å². The zero-order valence-electron chi connectivity index (χ0n) is 13.1. The maximum atomic E-state index is 3.55. The van der Waals surface area contributed by atoms with Gasteiger partial charge in [-0.1, -0.05) is 45.0 Å². The fraction of sp³-hybridized carbons (Fsp3) is 0.647. The summed E-state index contributed by atoms with van der Waals surface area (Å²) < 4.78 is 0. The normalized spacial score (nSPS) is 28.3. The van der Waals surface area contributed by atoms with Crippen LogP contribution < -0.4 is 5.32 Å². The number of nitrogens with one attached hydrogen (secondary N) is 1. The summed E-state index contributed by atoms with van der Waals surface area (Å²) in [6, 6.07) is 9.73. The van der Waals surface area contributed by atoms with E-state index in [1.165, 1.54) is 16.9 Å². The second-order valence-electron chi connectivity index (χ2n) is 5.69. The molecule has 1 aliphatic rings. The summed E-state index contributed by atoms with van der Waals surface area (Å²) in [7, 11) is 2.11. The van der Waals surface area contributed by atoms with Crippen molar-refractivity contribution in [3.63, 3.8) is 0 Å². The van der Waals surface area contributed by atoms with E-state index in [0.29, 0.717) is 6.04 Å². The van der Waals surface area contributed by atoms with Crippen LogP contribution in [-0.4, -0.2) is 34.6 Å². The molecule has 2 rings (SSSR count). The molecule has 0 saturated carbocycles. The fourth-order valence-corrected chi connectivity index (χ4v) is 5.77. The predicted octanol–water partition coefficient (Wildman–Crippen LogP) is 4.01. The van der Waals surface area contributed by atoms with Gasteiger partial charge < -0.3 is 5.32 Å². The van der Waals surface area contributed by atoms with Gasteiger partial charge in [0.1, 0.15) is 0 Å². The van der Waals surface area contributed by atoms with Crippen LogP contribution in [0.2, 0.25) is 0 Å². The van der Waals surface area contributed by atoms with Crippen molar-refractivity contribution in [1.29, 1.82) is 0 Å². The number of aryl methyl sites for hydroxylation is 1. The molecule has 1 nitrogen and oxygen atoms in total. The topological polar surface area (TPSA) is 12.0 Å². The zero-order chi connectivity index (χ0) is 14.5. The van der Waals surface area contributed by atoms with E-state index in [4.69, 9.17) is 0 Å². The van der Waals surface area contributed by atoms with Gasteiger partial charge in [-0.25, -0.2) is 0 Å². The highest BCUT2D eigenvalue weighted by atomic mass is 32.2. The minimum atomic E-state index is 0.579. The average molecular weight is 310 g/mol. The van der Waals surface area contributed by atoms with Gasteiger partial charge in [0.25, 0.3) is 0 Å². The summed E-state index contributed by atoms with van der Waals surface area (Å²) in [4.78, 5) is 0. The van der Waals surface area contributed by atoms with Crippen molar-refractivity contribution in [1.82, 2.24) is 5.32 Å². The third-order valence-corrected chi connectivity index (χ3v) is 7.83. The van der Waals surface area contributed by atoms with Crippen molar-refractivity contribution in [2.24, 2.45) is 0 Å². The van der Waals surface area contributed by atoms with E-state index in [1.54, 1.807) is 0 Å². The molecule has 0 spiro atoms. The monoisotopic (exact) mass is 309 g/mol. The number of likely N-dealkylation sites (N-methyl/N-ethyl adjacent to an activating group) is 1. The van der Waals surface area contributed by atoms with E-state index in [1.807, 2.05) is 0 Å². The first-order chi connectivity index (χ1) is 9.63. The Hall–Kier alpha value is -0.120. The number of benzene rings is 1. The van der Waals surface area contributed by atoms with Crippen LogP contribution in [0.4, 0.5) is 0 Å². The smallest absolute Gasteiger partial charge is 0.0298 e. The highest BCUT2D eigenvalue weighted by molar-refractivity contribution is 8.07. The lowest BCUT2D eigenvalue weighted by Gasteiger charge is -2.36. The first-order valence-corrected chi connectivity index (χ1v) is 9.65. The molecule has 0 bridgehead atoms. The van der Waals surface area contributed by atoms with Crippen LogP contribution in [0.1, 0.15) is 31.9 Å². The molecule has 0 aliphatic carbocycles. The van der Waals surface area contributed by atoms with Crippen LogP contribution in [0.5, 0.6) is 0 Å². The SMILES string of the molecule is CCc1ccc(CC(NC)C2CSC(C)C(C)S2)cc1. The zero-order valence-corrected chi connectivity index (χ0v) is 14.7. The first kappa shape index (κ1) is 16.3. The van der Waals surface area contributed by atoms with E-state index in [-0.39, 0.29) is 0 Å². The van der Waals surface area contributed by atoms with E-state index < -0.39 is 0 Å². The highest BCUT2D eigenvalue weighted by Crippen LogP contribution is 2.37. The molecule has 0 radical (unpaired) electrons. The molecule has 1 aromatic rings. The lowest BCUT2D eigenvalue weighted by atomic mass is 10.0. The maximum absolute atomic E-state index is 3.55. The number of rotatable bonds is 5. The molecule has 1 fully saturated rings. The Labute approximate surface area is 132 Å². The summed E-state index contributed by atoms with van der Waals surface area (Å²) in [5, 5.41) is 5.82. The lowest BCUT2D eigenvalue weighted by Crippen LogP contribution is -2.43. The third-order valence-electron chi connectivity index (χ3n) is 4.28. The molecule has 1 heterocycles. The minimum absolute atomic E-state index is 0.579. The second-order valence-corrected chi connectivity index (χ2v) is 8.72. The predicted molar refractivity (Wildman–Crippen MR) is 95.1 cm³/mol. The van der Waals surface area contributed by atoms with Gasteiger partial charge in [-0.05, 0) is 31.0 Å². The van der Waals surface area contributed by atoms with Crippen molar-refractivity contribution < 1.29 is 0 Å². The van der Waals surface area contributed by atoms with Gasteiger partial charge in [-0.3, -0.25) is 0 Å². The Kier molecular flexibility index (Phi) is 6.31. The fourth-order valence-electron chi connectivity index (χ4n) is 2.60. The Morgan fingerprint density at radius 2 is 1.80 bits per heavy atom. The van der Waals surface area contributed by atoms with Crippen molar-refractivity contribution in [3.8, 4) is 0 Å². The van der Waals surface area contributed by atoms with Crippen LogP contribution in [0.25, 0.3) is 0 Å². The summed E-state index contributed by atoms with van der Waals surface area (Å²) in [5.41, 5.74) is 2.89. The van der Waals surface area contributed by atoms with Gasteiger partial charge in [0.15, 0.2) is 0 Å². The van der Waals surface area contributed by atoms with Crippen LogP contribution in [-0.2, 0) is 12.8 Å². The Morgan fingerprint density at radius 1 is 1.15 bits per heavy atom. The minimum Gasteiger partial charge on any atom is -0.316 e. The Balaban J connectivity index is 1.97. The molecule has 1 aliphatic heterocycles. The molecule has 1 saturated heterocycles. The number of thioether (sulfide) groups is 2. The Bertz CT molecular complexity index is 404. The molecule has 3 heteroatoms. The quantitative estimate of drug-likeness (QED) is 0.883. The van der Waals surface area contributed by atoms with Crippen molar-refractivity contribution >= 4 is 23.5 Å². The molecule has 4 unspecified atom stereocenters. The molecule has 4 atom stereocenters. The molecule has 112 valence electrons.